The van der Waals surface area contributed by atoms with Crippen LogP contribution in [0.3, 0.4) is 0 Å². The van der Waals surface area contributed by atoms with Gasteiger partial charge in [0.15, 0.2) is 0 Å². The number of hydrogen-bond acceptors (Lipinski definition) is 3. The van der Waals surface area contributed by atoms with Crippen molar-refractivity contribution >= 4 is 0 Å². The molecule has 3 nitrogen and oxygen atoms in total. The minimum Gasteiger partial charge on any atom is -0.396 e. The molecule has 0 spiro atoms. The topological polar surface area (TPSA) is 35.5 Å². The summed E-state index contributed by atoms with van der Waals surface area (Å²) in [5.74, 6) is 1.42. The van der Waals surface area contributed by atoms with Crippen LogP contribution in [-0.4, -0.2) is 48.3 Å². The van der Waals surface area contributed by atoms with E-state index in [1.165, 1.54) is 26.1 Å². The zero-order chi connectivity index (χ0) is 12.9. The Morgan fingerprint density at radius 2 is 2.12 bits per heavy atom. The summed E-state index contributed by atoms with van der Waals surface area (Å²) in [6, 6.07) is 0. The maximum absolute atomic E-state index is 8.94. The van der Waals surface area contributed by atoms with Crippen molar-refractivity contribution in [3.8, 4) is 0 Å². The van der Waals surface area contributed by atoms with Crippen LogP contribution >= 0.6 is 0 Å². The quantitative estimate of drug-likeness (QED) is 0.744. The molecule has 0 aromatic heterocycles. The van der Waals surface area contributed by atoms with Gasteiger partial charge in [0.25, 0.3) is 0 Å². The molecule has 102 valence electrons. The van der Waals surface area contributed by atoms with Gasteiger partial charge in [-0.15, -0.1) is 0 Å². The third-order valence-electron chi connectivity index (χ3n) is 3.46. The lowest BCUT2D eigenvalue weighted by Gasteiger charge is -2.26. The second kappa shape index (κ2) is 6.72. The van der Waals surface area contributed by atoms with Crippen molar-refractivity contribution in [1.82, 2.24) is 10.2 Å². The van der Waals surface area contributed by atoms with E-state index in [4.69, 9.17) is 5.11 Å². The molecular formula is C14H30N2O. The number of rotatable bonds is 6. The lowest BCUT2D eigenvalue weighted by atomic mass is 10.1. The SMILES string of the molecule is CC(CNC(C)(C)C)CN1CCC(CCO)C1. The molecule has 1 heterocycles. The largest absolute Gasteiger partial charge is 0.396 e. The lowest BCUT2D eigenvalue weighted by Crippen LogP contribution is -2.41. The van der Waals surface area contributed by atoms with E-state index in [-0.39, 0.29) is 5.54 Å². The van der Waals surface area contributed by atoms with E-state index in [2.05, 4.69) is 37.9 Å². The molecule has 2 N–H and O–H groups in total. The fraction of sp³-hybridized carbons (Fsp3) is 1.00. The van der Waals surface area contributed by atoms with E-state index in [1.54, 1.807) is 0 Å². The van der Waals surface area contributed by atoms with E-state index in [9.17, 15) is 0 Å². The van der Waals surface area contributed by atoms with Gasteiger partial charge in [0, 0.05) is 25.2 Å². The van der Waals surface area contributed by atoms with E-state index < -0.39 is 0 Å². The van der Waals surface area contributed by atoms with Crippen LogP contribution in [0.4, 0.5) is 0 Å². The summed E-state index contributed by atoms with van der Waals surface area (Å²) < 4.78 is 0. The molecule has 0 amide bonds. The van der Waals surface area contributed by atoms with Gasteiger partial charge in [-0.3, -0.25) is 0 Å². The van der Waals surface area contributed by atoms with Crippen molar-refractivity contribution < 1.29 is 5.11 Å². The minimum atomic E-state index is 0.221. The van der Waals surface area contributed by atoms with Gasteiger partial charge in [-0.25, -0.2) is 0 Å². The van der Waals surface area contributed by atoms with Crippen LogP contribution in [-0.2, 0) is 0 Å². The van der Waals surface area contributed by atoms with Crippen LogP contribution < -0.4 is 5.32 Å². The Bertz CT molecular complexity index is 213. The molecule has 3 heteroatoms. The van der Waals surface area contributed by atoms with Crippen LogP contribution in [0.25, 0.3) is 0 Å². The van der Waals surface area contributed by atoms with Crippen molar-refractivity contribution in [3.63, 3.8) is 0 Å². The summed E-state index contributed by atoms with van der Waals surface area (Å²) in [7, 11) is 0. The van der Waals surface area contributed by atoms with Crippen LogP contribution in [0.5, 0.6) is 0 Å². The Morgan fingerprint density at radius 1 is 1.41 bits per heavy atom. The summed E-state index contributed by atoms with van der Waals surface area (Å²) in [5, 5.41) is 12.5. The van der Waals surface area contributed by atoms with Gasteiger partial charge in [-0.05, 0) is 58.5 Å². The third kappa shape index (κ3) is 6.39. The molecule has 0 aromatic carbocycles. The highest BCUT2D eigenvalue weighted by atomic mass is 16.3. The highest BCUT2D eigenvalue weighted by molar-refractivity contribution is 4.78. The third-order valence-corrected chi connectivity index (χ3v) is 3.46. The van der Waals surface area contributed by atoms with Crippen molar-refractivity contribution in [3.05, 3.63) is 0 Å². The van der Waals surface area contributed by atoms with Crippen molar-refractivity contribution in [2.45, 2.75) is 46.1 Å². The van der Waals surface area contributed by atoms with Gasteiger partial charge < -0.3 is 15.3 Å². The number of nitrogens with zero attached hydrogens (tertiary/aromatic N) is 1. The first-order chi connectivity index (χ1) is 7.90. The summed E-state index contributed by atoms with van der Waals surface area (Å²) in [5.41, 5.74) is 0.221. The molecule has 1 saturated heterocycles. The molecule has 1 rings (SSSR count). The van der Waals surface area contributed by atoms with Crippen molar-refractivity contribution in [2.24, 2.45) is 11.8 Å². The van der Waals surface area contributed by atoms with Crippen LogP contribution in [0.15, 0.2) is 0 Å². The number of nitrogens with one attached hydrogen (secondary N) is 1. The summed E-state index contributed by atoms with van der Waals surface area (Å²) in [6.45, 7) is 14.0. The van der Waals surface area contributed by atoms with Crippen molar-refractivity contribution in [2.75, 3.05) is 32.8 Å². The fourth-order valence-corrected chi connectivity index (χ4v) is 2.48. The average molecular weight is 242 g/mol. The van der Waals surface area contributed by atoms with E-state index in [1.807, 2.05) is 0 Å². The normalized spacial score (nSPS) is 24.2. The number of hydrogen-bond donors (Lipinski definition) is 2. The zero-order valence-corrected chi connectivity index (χ0v) is 12.0. The Hall–Kier alpha value is -0.120. The maximum atomic E-state index is 8.94. The maximum Gasteiger partial charge on any atom is 0.0434 e. The zero-order valence-electron chi connectivity index (χ0n) is 12.0. The molecule has 1 aliphatic rings. The molecule has 2 unspecified atom stereocenters. The summed E-state index contributed by atoms with van der Waals surface area (Å²) in [6.07, 6.45) is 2.24. The first-order valence-electron chi connectivity index (χ1n) is 6.99. The molecule has 17 heavy (non-hydrogen) atoms. The van der Waals surface area contributed by atoms with Gasteiger partial charge >= 0.3 is 0 Å². The monoisotopic (exact) mass is 242 g/mol. The molecule has 1 fully saturated rings. The molecule has 1 aliphatic heterocycles. The van der Waals surface area contributed by atoms with Crippen LogP contribution in [0.2, 0.25) is 0 Å². The van der Waals surface area contributed by atoms with E-state index in [0.29, 0.717) is 12.5 Å². The number of likely N-dealkylation sites (tertiary alicyclic amines) is 1. The Kier molecular flexibility index (Phi) is 5.90. The molecule has 0 radical (unpaired) electrons. The smallest absolute Gasteiger partial charge is 0.0434 e. The van der Waals surface area contributed by atoms with Gasteiger partial charge in [-0.1, -0.05) is 6.92 Å². The molecular weight excluding hydrogens is 212 g/mol. The second-order valence-electron chi connectivity index (χ2n) is 6.66. The minimum absolute atomic E-state index is 0.221. The molecule has 0 aliphatic carbocycles. The second-order valence-corrected chi connectivity index (χ2v) is 6.66. The predicted octanol–water partition coefficient (Wildman–Crippen LogP) is 1.71. The fourth-order valence-electron chi connectivity index (χ4n) is 2.48. The van der Waals surface area contributed by atoms with Gasteiger partial charge in [-0.2, -0.15) is 0 Å². The standard InChI is InChI=1S/C14H30N2O/c1-12(9-15-14(2,3)4)10-16-7-5-13(11-16)6-8-17/h12-13,15,17H,5-11H2,1-4H3. The first kappa shape index (κ1) is 14.9. The van der Waals surface area contributed by atoms with Gasteiger partial charge in [0.2, 0.25) is 0 Å². The number of aliphatic hydroxyl groups is 1. The van der Waals surface area contributed by atoms with E-state index >= 15 is 0 Å². The van der Waals surface area contributed by atoms with Gasteiger partial charge in [0.05, 0.1) is 0 Å². The summed E-state index contributed by atoms with van der Waals surface area (Å²) >= 11 is 0. The Balaban J connectivity index is 2.17. The lowest BCUT2D eigenvalue weighted by molar-refractivity contribution is 0.237. The van der Waals surface area contributed by atoms with E-state index in [0.717, 1.165) is 18.9 Å². The van der Waals surface area contributed by atoms with Crippen molar-refractivity contribution in [1.29, 1.82) is 0 Å². The van der Waals surface area contributed by atoms with Crippen LogP contribution in [0.1, 0.15) is 40.5 Å². The first-order valence-corrected chi connectivity index (χ1v) is 6.99. The predicted molar refractivity (Wildman–Crippen MR) is 73.2 cm³/mol. The van der Waals surface area contributed by atoms with Gasteiger partial charge in [0.1, 0.15) is 0 Å². The Morgan fingerprint density at radius 3 is 2.71 bits per heavy atom. The highest BCUT2D eigenvalue weighted by Gasteiger charge is 2.23. The molecule has 0 aromatic rings. The summed E-state index contributed by atoms with van der Waals surface area (Å²) in [4.78, 5) is 2.55. The molecule has 0 saturated carbocycles. The molecule has 0 bridgehead atoms. The highest BCUT2D eigenvalue weighted by Crippen LogP contribution is 2.20. The van der Waals surface area contributed by atoms with Crippen LogP contribution in [0, 0.1) is 11.8 Å². The average Bonchev–Trinajstić information content (AvgIpc) is 2.62. The Labute approximate surface area is 107 Å². The molecule has 2 atom stereocenters. The number of aliphatic hydroxyl groups excluding tert-OH is 1.